The van der Waals surface area contributed by atoms with Crippen LogP contribution in [0.1, 0.15) is 78.4 Å². The fourth-order valence-electron chi connectivity index (χ4n) is 6.61. The second-order valence-corrected chi connectivity index (χ2v) is 13.8. The van der Waals surface area contributed by atoms with Gasteiger partial charge in [-0.25, -0.2) is 19.2 Å². The number of non-ortho nitro benzene ring substituents is 1. The van der Waals surface area contributed by atoms with E-state index in [4.69, 9.17) is 28.4 Å². The van der Waals surface area contributed by atoms with E-state index in [0.717, 1.165) is 0 Å². The topological polar surface area (TPSA) is 268 Å². The number of allylic oxidation sites excluding steroid dienone is 4. The maximum atomic E-state index is 13.0. The van der Waals surface area contributed by atoms with Gasteiger partial charge in [-0.1, -0.05) is 30.3 Å². The van der Waals surface area contributed by atoms with Gasteiger partial charge in [-0.15, -0.1) is 0 Å². The predicted molar refractivity (Wildman–Crippen MR) is 217 cm³/mol. The Morgan fingerprint density at radius 1 is 0.613 bits per heavy atom. The van der Waals surface area contributed by atoms with E-state index >= 15 is 0 Å². The van der Waals surface area contributed by atoms with E-state index in [0.29, 0.717) is 28.4 Å². The Labute approximate surface area is 356 Å². The van der Waals surface area contributed by atoms with Crippen molar-refractivity contribution < 1.29 is 67.0 Å². The van der Waals surface area contributed by atoms with Crippen LogP contribution >= 0.6 is 0 Å². The Morgan fingerprint density at radius 3 is 1.52 bits per heavy atom. The van der Waals surface area contributed by atoms with Gasteiger partial charge in [0.2, 0.25) is 0 Å². The van der Waals surface area contributed by atoms with Crippen LogP contribution in [0.3, 0.4) is 0 Å². The van der Waals surface area contributed by atoms with Crippen LogP contribution in [0.5, 0.6) is 0 Å². The number of carbonyl (C=O) groups is 6. The number of nitro groups is 2. The molecule has 20 nitrogen and oxygen atoms in total. The molecule has 0 saturated heterocycles. The summed E-state index contributed by atoms with van der Waals surface area (Å²) in [5.41, 5.74) is 2.08. The summed E-state index contributed by atoms with van der Waals surface area (Å²) in [6.07, 6.45) is -0.444. The molecular formula is C42H48N4O16. The third-order valence-electron chi connectivity index (χ3n) is 9.03. The Morgan fingerprint density at radius 2 is 1.06 bits per heavy atom. The summed E-state index contributed by atoms with van der Waals surface area (Å²) in [6, 6.07) is 11.5. The Hall–Kier alpha value is -7.38. The van der Waals surface area contributed by atoms with Gasteiger partial charge in [0.1, 0.15) is 26.4 Å². The molecule has 2 aliphatic heterocycles. The van der Waals surface area contributed by atoms with Gasteiger partial charge in [-0.05, 0) is 47.1 Å². The van der Waals surface area contributed by atoms with Crippen molar-refractivity contribution >= 4 is 47.2 Å². The maximum absolute atomic E-state index is 13.0. The summed E-state index contributed by atoms with van der Waals surface area (Å²) < 4.78 is 30.2. The molecule has 4 rings (SSSR count). The Bertz CT molecular complexity index is 2250. The molecule has 2 aromatic rings. The molecule has 2 heterocycles. The number of dihydropyridines is 2. The van der Waals surface area contributed by atoms with Crippen LogP contribution in [0.25, 0.3) is 0 Å². The summed E-state index contributed by atoms with van der Waals surface area (Å²) >= 11 is 0. The SMILES string of the molecule is CC(=O)OCCOC(=O)C1=C(C)NC(C)=C(C(=O)OC(C)C)C1c1ccccc1[N+](=O)[O-].COC(=O)C1=C(C)NC(C)=C(C(=O)OCCOC(C)=O)C1c1cccc([N+](=O)[O-])c1. The number of esters is 6. The van der Waals surface area contributed by atoms with Crippen molar-refractivity contribution in [1.29, 1.82) is 0 Å². The standard InChI is InChI=1S/C22H26N2O8.C20H22N2O8/c1-12(2)32-22(27)19-14(4)23-13(3)18(21(26)31-11-10-30-15(5)25)20(19)16-8-6-7-9-17(16)24(28)29;1-11-16(19(24)28-4)18(14-6-5-7-15(10-14)22(26)27)17(12(2)21-11)20(25)30-9-8-29-13(3)23/h6-9,12,20,23H,10-11H2,1-5H3;5-7,10,18,21H,8-9H2,1-4H3. The first-order chi connectivity index (χ1) is 29.2. The van der Waals surface area contributed by atoms with E-state index in [9.17, 15) is 49.0 Å². The maximum Gasteiger partial charge on any atom is 0.337 e. The van der Waals surface area contributed by atoms with E-state index in [1.54, 1.807) is 53.7 Å². The number of carbonyl (C=O) groups excluding carboxylic acids is 6. The van der Waals surface area contributed by atoms with Crippen molar-refractivity contribution in [3.05, 3.63) is 125 Å². The second-order valence-electron chi connectivity index (χ2n) is 13.8. The lowest BCUT2D eigenvalue weighted by Gasteiger charge is -2.30. The minimum Gasteiger partial charge on any atom is -0.466 e. The third kappa shape index (κ3) is 12.6. The minimum absolute atomic E-state index is 0.0310. The Balaban J connectivity index is 0.000000331. The van der Waals surface area contributed by atoms with Gasteiger partial charge in [0.05, 0.1) is 57.2 Å². The van der Waals surface area contributed by atoms with Crippen molar-refractivity contribution in [2.45, 2.75) is 73.3 Å². The molecule has 0 amide bonds. The first kappa shape index (κ1) is 49.0. The molecule has 2 aromatic carbocycles. The van der Waals surface area contributed by atoms with E-state index in [1.807, 2.05) is 0 Å². The van der Waals surface area contributed by atoms with E-state index < -0.39 is 63.6 Å². The van der Waals surface area contributed by atoms with Crippen LogP contribution in [0, 0.1) is 20.2 Å². The Kier molecular flexibility index (Phi) is 17.6. The van der Waals surface area contributed by atoms with Gasteiger partial charge >= 0.3 is 35.8 Å². The summed E-state index contributed by atoms with van der Waals surface area (Å²) in [6.45, 7) is 11.6. The number of rotatable bonds is 15. The molecule has 20 heteroatoms. The molecule has 0 bridgehead atoms. The molecule has 0 radical (unpaired) electrons. The van der Waals surface area contributed by atoms with Crippen LogP contribution in [-0.2, 0) is 57.2 Å². The van der Waals surface area contributed by atoms with Crippen molar-refractivity contribution in [3.8, 4) is 0 Å². The van der Waals surface area contributed by atoms with Crippen LogP contribution in [-0.4, -0.2) is 85.3 Å². The molecular weight excluding hydrogens is 816 g/mol. The van der Waals surface area contributed by atoms with Crippen molar-refractivity contribution in [1.82, 2.24) is 10.6 Å². The first-order valence-corrected chi connectivity index (χ1v) is 19.0. The molecule has 2 N–H and O–H groups in total. The quantitative estimate of drug-likeness (QED) is 0.0784. The van der Waals surface area contributed by atoms with Gasteiger partial charge in [-0.2, -0.15) is 0 Å². The highest BCUT2D eigenvalue weighted by Gasteiger charge is 2.42. The molecule has 2 aliphatic rings. The normalized spacial score (nSPS) is 15.9. The summed E-state index contributed by atoms with van der Waals surface area (Å²) in [5, 5.41) is 28.9. The third-order valence-corrected chi connectivity index (χ3v) is 9.03. The average Bonchev–Trinajstić information content (AvgIpc) is 3.19. The predicted octanol–water partition coefficient (Wildman–Crippen LogP) is 5.00. The zero-order chi connectivity index (χ0) is 46.4. The summed E-state index contributed by atoms with van der Waals surface area (Å²) in [5.74, 6) is -6.01. The molecule has 332 valence electrons. The van der Waals surface area contributed by atoms with E-state index in [2.05, 4.69) is 10.6 Å². The number of hydrogen-bond acceptors (Lipinski definition) is 18. The number of nitrogens with zero attached hydrogens (tertiary/aromatic N) is 2. The van der Waals surface area contributed by atoms with Gasteiger partial charge < -0.3 is 39.1 Å². The van der Waals surface area contributed by atoms with Gasteiger partial charge in [0.25, 0.3) is 11.4 Å². The van der Waals surface area contributed by atoms with Crippen LogP contribution in [0.15, 0.2) is 93.6 Å². The van der Waals surface area contributed by atoms with Crippen molar-refractivity contribution in [3.63, 3.8) is 0 Å². The molecule has 0 aliphatic carbocycles. The molecule has 0 fully saturated rings. The second kappa shape index (κ2) is 22.3. The van der Waals surface area contributed by atoms with Crippen LogP contribution in [0.4, 0.5) is 11.4 Å². The average molecular weight is 865 g/mol. The van der Waals surface area contributed by atoms with E-state index in [1.165, 1.54) is 57.4 Å². The van der Waals surface area contributed by atoms with E-state index in [-0.39, 0.29) is 65.7 Å². The van der Waals surface area contributed by atoms with Crippen molar-refractivity contribution in [2.24, 2.45) is 0 Å². The van der Waals surface area contributed by atoms with Crippen molar-refractivity contribution in [2.75, 3.05) is 33.5 Å². The highest BCUT2D eigenvalue weighted by Crippen LogP contribution is 2.43. The molecule has 0 spiro atoms. The number of benzene rings is 2. The van der Waals surface area contributed by atoms with Gasteiger partial charge in [-0.3, -0.25) is 29.8 Å². The lowest BCUT2D eigenvalue weighted by molar-refractivity contribution is -0.385. The number of para-hydroxylation sites is 1. The van der Waals surface area contributed by atoms with Gasteiger partial charge in [0, 0.05) is 60.4 Å². The fraction of sp³-hybridized carbons (Fsp3) is 0.381. The number of nitro benzene ring substituents is 2. The highest BCUT2D eigenvalue weighted by atomic mass is 16.6. The molecule has 0 aromatic heterocycles. The lowest BCUT2D eigenvalue weighted by Crippen LogP contribution is -2.33. The number of hydrogen-bond donors (Lipinski definition) is 2. The summed E-state index contributed by atoms with van der Waals surface area (Å²) in [4.78, 5) is 94.9. The number of ether oxygens (including phenoxy) is 6. The largest absolute Gasteiger partial charge is 0.466 e. The lowest BCUT2D eigenvalue weighted by atomic mass is 9.79. The zero-order valence-corrected chi connectivity index (χ0v) is 35.6. The van der Waals surface area contributed by atoms with Crippen LogP contribution in [0.2, 0.25) is 0 Å². The fourth-order valence-corrected chi connectivity index (χ4v) is 6.61. The monoisotopic (exact) mass is 864 g/mol. The summed E-state index contributed by atoms with van der Waals surface area (Å²) in [7, 11) is 1.20. The smallest absolute Gasteiger partial charge is 0.337 e. The number of methoxy groups -OCH3 is 1. The molecule has 62 heavy (non-hydrogen) atoms. The molecule has 0 saturated carbocycles. The van der Waals surface area contributed by atoms with Gasteiger partial charge in [0.15, 0.2) is 0 Å². The first-order valence-electron chi connectivity index (χ1n) is 19.0. The minimum atomic E-state index is -1.09. The molecule has 2 atom stereocenters. The zero-order valence-electron chi connectivity index (χ0n) is 35.6. The van der Waals surface area contributed by atoms with Crippen LogP contribution < -0.4 is 10.6 Å². The number of nitrogens with one attached hydrogen (secondary N) is 2. The molecule has 2 unspecified atom stereocenters. The highest BCUT2D eigenvalue weighted by molar-refractivity contribution is 6.01.